The van der Waals surface area contributed by atoms with Gasteiger partial charge in [0.2, 0.25) is 0 Å². The lowest BCUT2D eigenvalue weighted by Crippen LogP contribution is -2.19. The Kier molecular flexibility index (Phi) is 4.18. The number of carbonyl (C=O) groups excluding carboxylic acids is 1. The summed E-state index contributed by atoms with van der Waals surface area (Å²) in [5.74, 6) is -0.552. The second kappa shape index (κ2) is 6.31. The van der Waals surface area contributed by atoms with Crippen LogP contribution >= 0.6 is 0 Å². The lowest BCUT2D eigenvalue weighted by Gasteiger charge is -2.14. The van der Waals surface area contributed by atoms with Crippen LogP contribution in [-0.4, -0.2) is 15.7 Å². The van der Waals surface area contributed by atoms with E-state index in [1.807, 2.05) is 0 Å². The second-order valence-electron chi connectivity index (χ2n) is 5.20. The van der Waals surface area contributed by atoms with E-state index in [4.69, 9.17) is 5.73 Å². The highest BCUT2D eigenvalue weighted by Gasteiger charge is 2.38. The first-order valence-electron chi connectivity index (χ1n) is 7.24. The number of nitrogen functional groups attached to an aromatic ring is 1. The van der Waals surface area contributed by atoms with Gasteiger partial charge in [0.15, 0.2) is 5.69 Å². The monoisotopic (exact) mass is 346 g/mol. The summed E-state index contributed by atoms with van der Waals surface area (Å²) in [6.45, 7) is 0. The molecule has 128 valence electrons. The fourth-order valence-electron chi connectivity index (χ4n) is 2.40. The molecule has 8 heteroatoms. The van der Waals surface area contributed by atoms with Crippen molar-refractivity contribution in [2.75, 3.05) is 11.1 Å². The van der Waals surface area contributed by atoms with Gasteiger partial charge in [0, 0.05) is 5.69 Å². The number of aromatic nitrogens is 2. The zero-order valence-electron chi connectivity index (χ0n) is 12.8. The van der Waals surface area contributed by atoms with Gasteiger partial charge < -0.3 is 11.1 Å². The van der Waals surface area contributed by atoms with Gasteiger partial charge in [-0.15, -0.1) is 0 Å². The number of hydrogen-bond acceptors (Lipinski definition) is 3. The van der Waals surface area contributed by atoms with E-state index in [0.717, 1.165) is 6.20 Å². The zero-order chi connectivity index (χ0) is 18.0. The number of halogens is 3. The quantitative estimate of drug-likeness (QED) is 0.759. The van der Waals surface area contributed by atoms with Gasteiger partial charge in [0.25, 0.3) is 5.91 Å². The molecule has 2 aromatic carbocycles. The molecule has 5 nitrogen and oxygen atoms in total. The molecule has 0 aliphatic heterocycles. The molecule has 0 bridgehead atoms. The van der Waals surface area contributed by atoms with Crippen LogP contribution in [0.5, 0.6) is 0 Å². The average Bonchev–Trinajstić information content (AvgIpc) is 2.97. The molecule has 1 amide bonds. The van der Waals surface area contributed by atoms with Crippen LogP contribution < -0.4 is 11.1 Å². The fraction of sp³-hybridized carbons (Fsp3) is 0.0588. The van der Waals surface area contributed by atoms with Crippen LogP contribution in [0.3, 0.4) is 0 Å². The van der Waals surface area contributed by atoms with Crippen molar-refractivity contribution < 1.29 is 18.0 Å². The lowest BCUT2D eigenvalue weighted by atomic mass is 10.1. The molecule has 0 aliphatic carbocycles. The highest BCUT2D eigenvalue weighted by atomic mass is 19.4. The second-order valence-corrected chi connectivity index (χ2v) is 5.20. The first kappa shape index (κ1) is 16.6. The topological polar surface area (TPSA) is 72.9 Å². The largest absolute Gasteiger partial charge is 0.435 e. The first-order valence-corrected chi connectivity index (χ1v) is 7.24. The highest BCUT2D eigenvalue weighted by Crippen LogP contribution is 2.35. The fourth-order valence-corrected chi connectivity index (χ4v) is 2.40. The van der Waals surface area contributed by atoms with E-state index < -0.39 is 23.5 Å². The first-order chi connectivity index (χ1) is 11.9. The Labute approximate surface area is 140 Å². The van der Waals surface area contributed by atoms with Crippen LogP contribution in [-0.2, 0) is 6.18 Å². The number of amides is 1. The van der Waals surface area contributed by atoms with Crippen LogP contribution in [0.15, 0.2) is 60.8 Å². The molecule has 0 unspecified atom stereocenters. The summed E-state index contributed by atoms with van der Waals surface area (Å²) in [6.07, 6.45) is -3.79. The van der Waals surface area contributed by atoms with Crippen molar-refractivity contribution in [3.05, 3.63) is 72.1 Å². The third kappa shape index (κ3) is 3.32. The summed E-state index contributed by atoms with van der Waals surface area (Å²) in [4.78, 5) is 12.5. The van der Waals surface area contributed by atoms with E-state index in [-0.39, 0.29) is 11.3 Å². The zero-order valence-corrected chi connectivity index (χ0v) is 12.8. The maximum atomic E-state index is 13.3. The van der Waals surface area contributed by atoms with Gasteiger partial charge in [-0.2, -0.15) is 18.3 Å². The normalized spacial score (nSPS) is 11.3. The molecule has 0 saturated carbocycles. The third-order valence-electron chi connectivity index (χ3n) is 3.47. The molecule has 3 N–H and O–H groups in total. The predicted molar refractivity (Wildman–Crippen MR) is 87.4 cm³/mol. The van der Waals surface area contributed by atoms with Gasteiger partial charge in [0.05, 0.1) is 23.1 Å². The van der Waals surface area contributed by atoms with Crippen LogP contribution in [0.25, 0.3) is 5.69 Å². The van der Waals surface area contributed by atoms with E-state index in [1.54, 1.807) is 36.4 Å². The highest BCUT2D eigenvalue weighted by molar-refractivity contribution is 6.06. The Morgan fingerprint density at radius 2 is 1.68 bits per heavy atom. The maximum Gasteiger partial charge on any atom is 0.435 e. The van der Waals surface area contributed by atoms with E-state index in [0.29, 0.717) is 10.4 Å². The summed E-state index contributed by atoms with van der Waals surface area (Å²) < 4.78 is 40.4. The number of nitrogens with zero attached hydrogens (tertiary/aromatic N) is 2. The van der Waals surface area contributed by atoms with Gasteiger partial charge in [-0.3, -0.25) is 4.79 Å². The molecule has 0 saturated heterocycles. The molecule has 0 spiro atoms. The standard InChI is InChI=1S/C17H13F3N4O/c18-17(19,20)15-13(21)10-22-24(15)14-9-5-4-8-12(14)16(25)23-11-6-2-1-3-7-11/h1-10H,21H2,(H,23,25). The van der Waals surface area contributed by atoms with Crippen molar-refractivity contribution in [1.29, 1.82) is 0 Å². The van der Waals surface area contributed by atoms with E-state index in [2.05, 4.69) is 10.4 Å². The molecule has 3 aromatic rings. The van der Waals surface area contributed by atoms with Crippen LogP contribution in [0.2, 0.25) is 0 Å². The van der Waals surface area contributed by atoms with Crippen LogP contribution in [0, 0.1) is 0 Å². The Bertz CT molecular complexity index is 904. The molecule has 1 heterocycles. The number of anilines is 2. The minimum absolute atomic E-state index is 0.0139. The Balaban J connectivity index is 2.05. The van der Waals surface area contributed by atoms with Crippen molar-refractivity contribution in [1.82, 2.24) is 9.78 Å². The average molecular weight is 346 g/mol. The minimum Gasteiger partial charge on any atom is -0.396 e. The summed E-state index contributed by atoms with van der Waals surface area (Å²) in [6, 6.07) is 14.5. The van der Waals surface area contributed by atoms with Crippen molar-refractivity contribution in [3.63, 3.8) is 0 Å². The number of rotatable bonds is 3. The predicted octanol–water partition coefficient (Wildman–Crippen LogP) is 3.73. The maximum absolute atomic E-state index is 13.3. The molecular weight excluding hydrogens is 333 g/mol. The van der Waals surface area contributed by atoms with Gasteiger partial charge in [-0.1, -0.05) is 30.3 Å². The smallest absolute Gasteiger partial charge is 0.396 e. The lowest BCUT2D eigenvalue weighted by molar-refractivity contribution is -0.142. The Morgan fingerprint density at radius 1 is 1.04 bits per heavy atom. The molecular formula is C17H13F3N4O. The molecule has 1 aromatic heterocycles. The number of alkyl halides is 3. The van der Waals surface area contributed by atoms with Gasteiger partial charge in [-0.05, 0) is 24.3 Å². The van der Waals surface area contributed by atoms with Crippen molar-refractivity contribution in [3.8, 4) is 5.69 Å². The number of para-hydroxylation sites is 2. The number of hydrogen-bond donors (Lipinski definition) is 2. The third-order valence-corrected chi connectivity index (χ3v) is 3.47. The summed E-state index contributed by atoms with van der Waals surface area (Å²) in [7, 11) is 0. The Hall–Kier alpha value is -3.29. The van der Waals surface area contributed by atoms with Crippen molar-refractivity contribution in [2.45, 2.75) is 6.18 Å². The molecule has 0 radical (unpaired) electrons. The van der Waals surface area contributed by atoms with E-state index in [9.17, 15) is 18.0 Å². The molecule has 25 heavy (non-hydrogen) atoms. The van der Waals surface area contributed by atoms with Gasteiger partial charge >= 0.3 is 6.18 Å². The Morgan fingerprint density at radius 3 is 2.36 bits per heavy atom. The number of nitrogens with one attached hydrogen (secondary N) is 1. The van der Waals surface area contributed by atoms with E-state index >= 15 is 0 Å². The number of benzene rings is 2. The molecule has 3 rings (SSSR count). The van der Waals surface area contributed by atoms with Crippen molar-refractivity contribution in [2.24, 2.45) is 0 Å². The number of nitrogens with two attached hydrogens (primary N) is 1. The van der Waals surface area contributed by atoms with E-state index in [1.165, 1.54) is 18.2 Å². The summed E-state index contributed by atoms with van der Waals surface area (Å²) >= 11 is 0. The summed E-state index contributed by atoms with van der Waals surface area (Å²) in [5.41, 5.74) is 4.34. The molecule has 0 atom stereocenters. The van der Waals surface area contributed by atoms with Gasteiger partial charge in [-0.25, -0.2) is 4.68 Å². The van der Waals surface area contributed by atoms with Crippen LogP contribution in [0.4, 0.5) is 24.5 Å². The van der Waals surface area contributed by atoms with Gasteiger partial charge in [0.1, 0.15) is 0 Å². The number of carbonyl (C=O) groups is 1. The van der Waals surface area contributed by atoms with Crippen molar-refractivity contribution >= 4 is 17.3 Å². The molecule has 0 fully saturated rings. The SMILES string of the molecule is Nc1cnn(-c2ccccc2C(=O)Nc2ccccc2)c1C(F)(F)F. The molecule has 0 aliphatic rings. The van der Waals surface area contributed by atoms with Crippen LogP contribution in [0.1, 0.15) is 16.1 Å². The minimum atomic E-state index is -4.70. The summed E-state index contributed by atoms with van der Waals surface area (Å²) in [5, 5.41) is 6.34.